The van der Waals surface area contributed by atoms with E-state index >= 15 is 0 Å². The summed E-state index contributed by atoms with van der Waals surface area (Å²) in [7, 11) is 2.45. The van der Waals surface area contributed by atoms with Gasteiger partial charge in [0.15, 0.2) is 6.29 Å². The Morgan fingerprint density at radius 1 is 1.20 bits per heavy atom. The third kappa shape index (κ3) is 3.51. The van der Waals surface area contributed by atoms with Crippen LogP contribution in [0.15, 0.2) is 23.5 Å². The van der Waals surface area contributed by atoms with E-state index in [0.29, 0.717) is 5.57 Å². The number of esters is 2. The summed E-state index contributed by atoms with van der Waals surface area (Å²) in [5, 5.41) is 39.5. The molecule has 2 heterocycles. The number of methoxy groups -OCH3 is 2. The molecule has 1 spiro atoms. The predicted molar refractivity (Wildman–Crippen MR) is 96.1 cm³/mol. The van der Waals surface area contributed by atoms with Crippen molar-refractivity contribution in [2.75, 3.05) is 20.8 Å². The zero-order chi connectivity index (χ0) is 22.2. The first-order valence-corrected chi connectivity index (χ1v) is 9.41. The Morgan fingerprint density at radius 3 is 2.47 bits per heavy atom. The molecule has 2 aliphatic heterocycles. The average Bonchev–Trinajstić information content (AvgIpc) is 3.48. The van der Waals surface area contributed by atoms with E-state index in [1.54, 1.807) is 13.0 Å². The van der Waals surface area contributed by atoms with Gasteiger partial charge in [0.1, 0.15) is 24.4 Å². The lowest BCUT2D eigenvalue weighted by atomic mass is 9.83. The number of carbonyl (C=O) groups is 2. The third-order valence-corrected chi connectivity index (χ3v) is 5.83. The molecule has 0 amide bonds. The fourth-order valence-electron chi connectivity index (χ4n) is 4.12. The molecule has 11 nitrogen and oxygen atoms in total. The van der Waals surface area contributed by atoms with Gasteiger partial charge in [-0.15, -0.1) is 0 Å². The summed E-state index contributed by atoms with van der Waals surface area (Å²) in [6.07, 6.45) is -5.59. The quantitative estimate of drug-likeness (QED) is 0.292. The summed E-state index contributed by atoms with van der Waals surface area (Å²) in [6.45, 7) is 1.05. The lowest BCUT2D eigenvalue weighted by Gasteiger charge is -2.42. The van der Waals surface area contributed by atoms with E-state index in [4.69, 9.17) is 23.7 Å². The molecule has 0 bridgehead atoms. The minimum atomic E-state index is -1.64. The number of hydrogen-bond donors (Lipinski definition) is 4. The number of ether oxygens (including phenoxy) is 5. The Kier molecular flexibility index (Phi) is 6.51. The molecule has 168 valence electrons. The Balaban J connectivity index is 1.89. The van der Waals surface area contributed by atoms with Gasteiger partial charge in [0, 0.05) is 11.0 Å². The number of aliphatic hydroxyl groups excluding tert-OH is 4. The van der Waals surface area contributed by atoms with Crippen LogP contribution in [0.5, 0.6) is 0 Å². The molecular formula is C19H26O11. The van der Waals surface area contributed by atoms with Crippen molar-refractivity contribution in [3.05, 3.63) is 23.5 Å². The monoisotopic (exact) mass is 430 g/mol. The van der Waals surface area contributed by atoms with Gasteiger partial charge in [0.2, 0.25) is 6.29 Å². The molecule has 3 aliphatic rings. The zero-order valence-electron chi connectivity index (χ0n) is 16.8. The molecule has 1 saturated heterocycles. The summed E-state index contributed by atoms with van der Waals surface area (Å²) in [6, 6.07) is 0. The molecule has 0 aromatic rings. The summed E-state index contributed by atoms with van der Waals surface area (Å²) in [5.74, 6) is -1.85. The molecule has 30 heavy (non-hydrogen) atoms. The van der Waals surface area contributed by atoms with Crippen LogP contribution < -0.4 is 0 Å². The van der Waals surface area contributed by atoms with Crippen molar-refractivity contribution < 1.29 is 53.7 Å². The molecule has 3 rings (SSSR count). The zero-order valence-corrected chi connectivity index (χ0v) is 16.8. The van der Waals surface area contributed by atoms with Crippen LogP contribution in [-0.4, -0.2) is 90.2 Å². The molecule has 2 fully saturated rings. The minimum Gasteiger partial charge on any atom is -0.469 e. The summed E-state index contributed by atoms with van der Waals surface area (Å²) in [4.78, 5) is 24.5. The summed E-state index contributed by atoms with van der Waals surface area (Å²) < 4.78 is 26.2. The SMILES string of the molecule is C/C=C1\[C@H](OC2O[C@H](CO)[C@@H](O)[C@H](O)[C@H]2O)OC=C(C(=O)OC)[C@@]12C[C@H]2C(=O)OC. The molecule has 0 aromatic heterocycles. The van der Waals surface area contributed by atoms with Gasteiger partial charge in [-0.3, -0.25) is 4.79 Å². The van der Waals surface area contributed by atoms with Gasteiger partial charge in [-0.1, -0.05) is 6.08 Å². The third-order valence-electron chi connectivity index (χ3n) is 5.83. The van der Waals surface area contributed by atoms with E-state index in [2.05, 4.69) is 0 Å². The average molecular weight is 430 g/mol. The van der Waals surface area contributed by atoms with Crippen molar-refractivity contribution >= 4 is 11.9 Å². The van der Waals surface area contributed by atoms with Crippen LogP contribution in [0.4, 0.5) is 0 Å². The van der Waals surface area contributed by atoms with Crippen molar-refractivity contribution in [2.45, 2.75) is 50.3 Å². The molecule has 4 N–H and O–H groups in total. The first-order chi connectivity index (χ1) is 14.3. The fourth-order valence-corrected chi connectivity index (χ4v) is 4.12. The number of carbonyl (C=O) groups excluding carboxylic acids is 2. The second kappa shape index (κ2) is 8.61. The number of aliphatic hydroxyl groups is 4. The predicted octanol–water partition coefficient (Wildman–Crippen LogP) is -1.66. The molecule has 8 atom stereocenters. The van der Waals surface area contributed by atoms with Crippen LogP contribution in [0.1, 0.15) is 13.3 Å². The lowest BCUT2D eigenvalue weighted by Crippen LogP contribution is -2.60. The molecule has 1 unspecified atom stereocenters. The highest BCUT2D eigenvalue weighted by Crippen LogP contribution is 2.65. The van der Waals surface area contributed by atoms with Crippen LogP contribution >= 0.6 is 0 Å². The molecular weight excluding hydrogens is 404 g/mol. The van der Waals surface area contributed by atoms with Gasteiger partial charge < -0.3 is 44.1 Å². The van der Waals surface area contributed by atoms with Gasteiger partial charge >= 0.3 is 11.9 Å². The van der Waals surface area contributed by atoms with E-state index in [1.807, 2.05) is 0 Å². The van der Waals surface area contributed by atoms with Crippen molar-refractivity contribution in [1.29, 1.82) is 0 Å². The van der Waals surface area contributed by atoms with Crippen LogP contribution in [0.25, 0.3) is 0 Å². The van der Waals surface area contributed by atoms with Crippen molar-refractivity contribution in [1.82, 2.24) is 0 Å². The van der Waals surface area contributed by atoms with Crippen molar-refractivity contribution in [3.8, 4) is 0 Å². The fraction of sp³-hybridized carbons (Fsp3) is 0.684. The smallest absolute Gasteiger partial charge is 0.337 e. The minimum absolute atomic E-state index is 0.127. The van der Waals surface area contributed by atoms with Crippen molar-refractivity contribution in [3.63, 3.8) is 0 Å². The van der Waals surface area contributed by atoms with E-state index < -0.39 is 66.9 Å². The second-order valence-corrected chi connectivity index (χ2v) is 7.32. The Morgan fingerprint density at radius 2 is 1.90 bits per heavy atom. The van der Waals surface area contributed by atoms with Crippen LogP contribution in [-0.2, 0) is 33.3 Å². The van der Waals surface area contributed by atoms with Gasteiger partial charge in [0.25, 0.3) is 0 Å². The van der Waals surface area contributed by atoms with Crippen LogP contribution in [0.2, 0.25) is 0 Å². The maximum atomic E-state index is 12.3. The maximum Gasteiger partial charge on any atom is 0.337 e. The number of hydrogen-bond acceptors (Lipinski definition) is 11. The molecule has 1 saturated carbocycles. The number of rotatable bonds is 5. The highest BCUT2D eigenvalue weighted by molar-refractivity contribution is 5.95. The highest BCUT2D eigenvalue weighted by Gasteiger charge is 2.68. The highest BCUT2D eigenvalue weighted by atomic mass is 16.8. The molecule has 0 aromatic carbocycles. The van der Waals surface area contributed by atoms with E-state index in [-0.39, 0.29) is 12.0 Å². The van der Waals surface area contributed by atoms with Crippen LogP contribution in [0.3, 0.4) is 0 Å². The van der Waals surface area contributed by atoms with Gasteiger partial charge in [-0.05, 0) is 13.3 Å². The molecule has 0 radical (unpaired) electrons. The van der Waals surface area contributed by atoms with Gasteiger partial charge in [-0.25, -0.2) is 4.79 Å². The summed E-state index contributed by atoms with van der Waals surface area (Å²) in [5.41, 5.74) is -0.522. The van der Waals surface area contributed by atoms with E-state index in [0.717, 1.165) is 6.26 Å². The Bertz CT molecular complexity index is 745. The molecule has 11 heteroatoms. The topological polar surface area (TPSA) is 161 Å². The molecule has 1 aliphatic carbocycles. The second-order valence-electron chi connectivity index (χ2n) is 7.32. The standard InChI is InChI=1S/C19H26O11/c1-4-8-17(30-18-14(23)13(22)12(21)11(6-20)29-18)28-7-10(16(25)27-3)19(8)5-9(19)15(24)26-2/h4,7,9,11-14,17-18,20-23H,5-6H2,1-3H3/b8-4+/t9-,11+,12+,13-,14+,17-,18?,19-/m0/s1. The maximum absolute atomic E-state index is 12.3. The summed E-state index contributed by atoms with van der Waals surface area (Å²) >= 11 is 0. The first kappa shape index (κ1) is 22.7. The largest absolute Gasteiger partial charge is 0.469 e. The lowest BCUT2D eigenvalue weighted by molar-refractivity contribution is -0.328. The van der Waals surface area contributed by atoms with Crippen molar-refractivity contribution in [2.24, 2.45) is 11.3 Å². The van der Waals surface area contributed by atoms with Crippen LogP contribution in [0, 0.1) is 11.3 Å². The Hall–Kier alpha value is -2.02. The first-order valence-electron chi connectivity index (χ1n) is 9.41. The van der Waals surface area contributed by atoms with Gasteiger partial charge in [-0.2, -0.15) is 0 Å². The normalized spacial score (nSPS) is 41.8. The Labute approximate surface area is 172 Å². The van der Waals surface area contributed by atoms with E-state index in [1.165, 1.54) is 14.2 Å². The van der Waals surface area contributed by atoms with E-state index in [9.17, 15) is 30.0 Å². The van der Waals surface area contributed by atoms with Gasteiger partial charge in [0.05, 0.1) is 38.6 Å². The number of allylic oxidation sites excluding steroid dienone is 1.